The molecule has 0 amide bonds. The lowest BCUT2D eigenvalue weighted by molar-refractivity contribution is -0.137. The molecule has 18 heavy (non-hydrogen) atoms. The second-order valence-electron chi connectivity index (χ2n) is 4.41. The molecule has 0 spiro atoms. The zero-order chi connectivity index (χ0) is 13.5. The van der Waals surface area contributed by atoms with Gasteiger partial charge in [0.25, 0.3) is 0 Å². The minimum Gasteiger partial charge on any atom is -0.481 e. The Hall–Kier alpha value is -1.84. The third-order valence-corrected chi connectivity index (χ3v) is 2.58. The van der Waals surface area contributed by atoms with E-state index in [0.29, 0.717) is 17.9 Å². The number of carbonyl (C=O) groups is 2. The van der Waals surface area contributed by atoms with Crippen molar-refractivity contribution in [1.82, 2.24) is 0 Å². The van der Waals surface area contributed by atoms with Gasteiger partial charge in [-0.2, -0.15) is 0 Å². The Balaban J connectivity index is 2.44. The van der Waals surface area contributed by atoms with E-state index in [1.54, 1.807) is 12.1 Å². The molecule has 0 saturated heterocycles. The summed E-state index contributed by atoms with van der Waals surface area (Å²) in [5, 5.41) is 8.44. The van der Waals surface area contributed by atoms with E-state index in [1.165, 1.54) is 0 Å². The van der Waals surface area contributed by atoms with E-state index in [4.69, 9.17) is 9.84 Å². The first-order chi connectivity index (χ1) is 8.50. The highest BCUT2D eigenvalue weighted by molar-refractivity contribution is 5.89. The zero-order valence-corrected chi connectivity index (χ0v) is 10.7. The molecule has 0 aliphatic heterocycles. The van der Waals surface area contributed by atoms with Crippen molar-refractivity contribution in [2.45, 2.75) is 32.6 Å². The maximum atomic E-state index is 11.6. The lowest BCUT2D eigenvalue weighted by Crippen LogP contribution is -2.08. The number of rotatable bonds is 6. The summed E-state index contributed by atoms with van der Waals surface area (Å²) in [6, 6.07) is 7.26. The van der Waals surface area contributed by atoms with Gasteiger partial charge in [0.05, 0.1) is 12.2 Å². The number of benzene rings is 1. The zero-order valence-electron chi connectivity index (χ0n) is 10.7. The third-order valence-electron chi connectivity index (χ3n) is 2.58. The highest BCUT2D eigenvalue weighted by Gasteiger charge is 2.08. The van der Waals surface area contributed by atoms with E-state index in [-0.39, 0.29) is 13.0 Å². The number of hydrogen-bond donors (Lipinski definition) is 1. The highest BCUT2D eigenvalue weighted by atomic mass is 16.5. The normalized spacial score (nSPS) is 10.4. The number of carboxylic acids is 1. The second-order valence-corrected chi connectivity index (χ2v) is 4.41. The number of carbonyl (C=O) groups excluding carboxylic acids is 1. The molecule has 4 nitrogen and oxygen atoms in total. The van der Waals surface area contributed by atoms with E-state index in [2.05, 4.69) is 13.8 Å². The van der Waals surface area contributed by atoms with Gasteiger partial charge >= 0.3 is 11.9 Å². The molecule has 0 saturated carbocycles. The Kier molecular flexibility index (Phi) is 5.36. The predicted molar refractivity (Wildman–Crippen MR) is 67.7 cm³/mol. The van der Waals surface area contributed by atoms with Crippen LogP contribution in [0.5, 0.6) is 0 Å². The summed E-state index contributed by atoms with van der Waals surface area (Å²) in [5.41, 5.74) is 1.66. The number of esters is 1. The Morgan fingerprint density at radius 3 is 2.33 bits per heavy atom. The van der Waals surface area contributed by atoms with E-state index < -0.39 is 11.9 Å². The van der Waals surface area contributed by atoms with Crippen LogP contribution in [0.4, 0.5) is 0 Å². The Morgan fingerprint density at radius 2 is 1.83 bits per heavy atom. The number of ether oxygens (including phenoxy) is 1. The summed E-state index contributed by atoms with van der Waals surface area (Å²) in [5.74, 6) is -0.867. The van der Waals surface area contributed by atoms with Crippen LogP contribution >= 0.6 is 0 Å². The van der Waals surface area contributed by atoms with E-state index >= 15 is 0 Å². The minimum absolute atomic E-state index is 0.0135. The van der Waals surface area contributed by atoms with Crippen molar-refractivity contribution in [1.29, 1.82) is 0 Å². The van der Waals surface area contributed by atoms with Crippen LogP contribution < -0.4 is 0 Å². The topological polar surface area (TPSA) is 63.6 Å². The van der Waals surface area contributed by atoms with Crippen LogP contribution in [0.2, 0.25) is 0 Å². The molecular weight excluding hydrogens is 232 g/mol. The molecule has 1 aromatic rings. The first-order valence-electron chi connectivity index (χ1n) is 5.99. The Labute approximate surface area is 107 Å². The van der Waals surface area contributed by atoms with Crippen LogP contribution in [0.15, 0.2) is 24.3 Å². The molecule has 0 aliphatic carbocycles. The van der Waals surface area contributed by atoms with Gasteiger partial charge < -0.3 is 9.84 Å². The van der Waals surface area contributed by atoms with E-state index in [1.807, 2.05) is 12.1 Å². The molecule has 1 rings (SSSR count). The SMILES string of the molecule is CC(C)c1ccc(C(=O)OCCCC(=O)O)cc1. The van der Waals surface area contributed by atoms with E-state index in [9.17, 15) is 9.59 Å². The average Bonchev–Trinajstić information content (AvgIpc) is 2.34. The van der Waals surface area contributed by atoms with Gasteiger partial charge in [-0.3, -0.25) is 4.79 Å². The van der Waals surface area contributed by atoms with Gasteiger partial charge in [0, 0.05) is 6.42 Å². The van der Waals surface area contributed by atoms with Gasteiger partial charge in [-0.25, -0.2) is 4.79 Å². The fourth-order valence-electron chi connectivity index (χ4n) is 1.48. The van der Waals surface area contributed by atoms with Crippen molar-refractivity contribution in [3.05, 3.63) is 35.4 Å². The fourth-order valence-corrected chi connectivity index (χ4v) is 1.48. The summed E-state index contributed by atoms with van der Waals surface area (Å²) in [6.45, 7) is 4.30. The van der Waals surface area contributed by atoms with Gasteiger partial charge in [-0.15, -0.1) is 0 Å². The Morgan fingerprint density at radius 1 is 1.22 bits per heavy atom. The molecule has 0 bridgehead atoms. The Bertz CT molecular complexity index is 406. The molecule has 4 heteroatoms. The molecule has 1 aromatic carbocycles. The maximum Gasteiger partial charge on any atom is 0.338 e. The summed E-state index contributed by atoms with van der Waals surface area (Å²) < 4.78 is 4.98. The van der Waals surface area contributed by atoms with Crippen molar-refractivity contribution < 1.29 is 19.4 Å². The monoisotopic (exact) mass is 250 g/mol. The molecule has 0 aliphatic rings. The van der Waals surface area contributed by atoms with Crippen LogP contribution in [0.1, 0.15) is 48.5 Å². The quantitative estimate of drug-likeness (QED) is 0.623. The van der Waals surface area contributed by atoms with Crippen LogP contribution in [0, 0.1) is 0 Å². The molecule has 0 aromatic heterocycles. The van der Waals surface area contributed by atoms with Gasteiger partial charge in [0.15, 0.2) is 0 Å². The second kappa shape index (κ2) is 6.79. The summed E-state index contributed by atoms with van der Waals surface area (Å²) in [6.07, 6.45) is 0.352. The average molecular weight is 250 g/mol. The lowest BCUT2D eigenvalue weighted by atomic mass is 10.0. The van der Waals surface area contributed by atoms with Crippen LogP contribution in [-0.4, -0.2) is 23.7 Å². The molecule has 0 atom stereocenters. The van der Waals surface area contributed by atoms with Crippen molar-refractivity contribution in [3.8, 4) is 0 Å². The lowest BCUT2D eigenvalue weighted by Gasteiger charge is -2.07. The predicted octanol–water partition coefficient (Wildman–Crippen LogP) is 2.83. The maximum absolute atomic E-state index is 11.6. The fraction of sp³-hybridized carbons (Fsp3) is 0.429. The molecule has 1 N–H and O–H groups in total. The molecule has 0 fully saturated rings. The molecule has 0 radical (unpaired) electrons. The van der Waals surface area contributed by atoms with E-state index in [0.717, 1.165) is 5.56 Å². The first-order valence-corrected chi connectivity index (χ1v) is 5.99. The largest absolute Gasteiger partial charge is 0.481 e. The minimum atomic E-state index is -0.882. The summed E-state index contributed by atoms with van der Waals surface area (Å²) in [4.78, 5) is 21.9. The molecular formula is C14H18O4. The van der Waals surface area contributed by atoms with Gasteiger partial charge in [-0.1, -0.05) is 26.0 Å². The van der Waals surface area contributed by atoms with Gasteiger partial charge in [-0.05, 0) is 30.0 Å². The number of hydrogen-bond acceptors (Lipinski definition) is 3. The van der Waals surface area contributed by atoms with Crippen molar-refractivity contribution >= 4 is 11.9 Å². The van der Waals surface area contributed by atoms with Crippen molar-refractivity contribution in [2.24, 2.45) is 0 Å². The standard InChI is InChI=1S/C14H18O4/c1-10(2)11-5-7-12(8-6-11)14(17)18-9-3-4-13(15)16/h5-8,10H,3-4,9H2,1-2H3,(H,15,16). The molecule has 0 heterocycles. The highest BCUT2D eigenvalue weighted by Crippen LogP contribution is 2.15. The van der Waals surface area contributed by atoms with Gasteiger partial charge in [0.1, 0.15) is 0 Å². The summed E-state index contributed by atoms with van der Waals surface area (Å²) >= 11 is 0. The number of aliphatic carboxylic acids is 1. The molecule has 98 valence electrons. The van der Waals surface area contributed by atoms with Crippen LogP contribution in [0.25, 0.3) is 0 Å². The van der Waals surface area contributed by atoms with Crippen LogP contribution in [0.3, 0.4) is 0 Å². The summed E-state index contributed by atoms with van der Waals surface area (Å²) in [7, 11) is 0. The van der Waals surface area contributed by atoms with Crippen molar-refractivity contribution in [3.63, 3.8) is 0 Å². The third kappa shape index (κ3) is 4.57. The van der Waals surface area contributed by atoms with Crippen molar-refractivity contribution in [2.75, 3.05) is 6.61 Å². The first kappa shape index (κ1) is 14.2. The number of carboxylic acid groups (broad SMARTS) is 1. The molecule has 0 unspecified atom stereocenters. The van der Waals surface area contributed by atoms with Gasteiger partial charge in [0.2, 0.25) is 0 Å². The van der Waals surface area contributed by atoms with Crippen LogP contribution in [-0.2, 0) is 9.53 Å². The smallest absolute Gasteiger partial charge is 0.338 e.